The lowest BCUT2D eigenvalue weighted by molar-refractivity contribution is -0.114. The zero-order valence-electron chi connectivity index (χ0n) is 16.5. The number of methoxy groups -OCH3 is 2. The van der Waals surface area contributed by atoms with E-state index in [1.807, 2.05) is 0 Å². The largest absolute Gasteiger partial charge is 0.408 e. The summed E-state index contributed by atoms with van der Waals surface area (Å²) >= 11 is 0. The van der Waals surface area contributed by atoms with Gasteiger partial charge in [0, 0.05) is 19.8 Å². The Morgan fingerprint density at radius 2 is 1.88 bits per heavy atom. The van der Waals surface area contributed by atoms with Crippen LogP contribution in [0.4, 0.5) is 0 Å². The molecule has 5 nitrogen and oxygen atoms in total. The van der Waals surface area contributed by atoms with Crippen molar-refractivity contribution >= 4 is 14.5 Å². The van der Waals surface area contributed by atoms with E-state index < -0.39 is 14.6 Å². The summed E-state index contributed by atoms with van der Waals surface area (Å²) in [5.74, 6) is 0. The Labute approximate surface area is 148 Å². The van der Waals surface area contributed by atoms with Crippen LogP contribution in [0, 0.1) is 5.41 Å². The Kier molecular flexibility index (Phi) is 7.81. The lowest BCUT2D eigenvalue weighted by Gasteiger charge is -2.43. The molecule has 0 saturated heterocycles. The second-order valence-corrected chi connectivity index (χ2v) is 12.7. The number of hydrogen-bond acceptors (Lipinski definition) is 5. The van der Waals surface area contributed by atoms with Gasteiger partial charge in [0.15, 0.2) is 14.6 Å². The highest BCUT2D eigenvalue weighted by Crippen LogP contribution is 2.39. The van der Waals surface area contributed by atoms with Crippen molar-refractivity contribution in [2.24, 2.45) is 0 Å². The Morgan fingerprint density at radius 3 is 2.33 bits per heavy atom. The quantitative estimate of drug-likeness (QED) is 0.307. The van der Waals surface area contributed by atoms with Crippen molar-refractivity contribution in [3.8, 4) is 0 Å². The molecule has 0 saturated carbocycles. The molecule has 0 aromatic carbocycles. The van der Waals surface area contributed by atoms with Crippen LogP contribution >= 0.6 is 0 Å². The average Bonchev–Trinajstić information content (AvgIpc) is 2.48. The van der Waals surface area contributed by atoms with Crippen molar-refractivity contribution in [1.82, 2.24) is 0 Å². The highest BCUT2D eigenvalue weighted by molar-refractivity contribution is 6.74. The molecular formula is C18H35NO4Si. The van der Waals surface area contributed by atoms with Crippen LogP contribution in [0.5, 0.6) is 0 Å². The molecule has 0 amide bonds. The maximum Gasteiger partial charge on any atom is 0.193 e. The fourth-order valence-electron chi connectivity index (χ4n) is 2.56. The SMILES string of the molecule is COC(OC)C1=C[C@@H](O[Si](C)(C)C(C)(C)C)[C@H](C)O[C@H]1CCC=N. The average molecular weight is 358 g/mol. The first-order chi connectivity index (χ1) is 11.1. The van der Waals surface area contributed by atoms with E-state index in [1.54, 1.807) is 14.2 Å². The maximum absolute atomic E-state index is 7.28. The minimum absolute atomic E-state index is 0.0343. The van der Waals surface area contributed by atoms with Gasteiger partial charge in [-0.25, -0.2) is 0 Å². The third-order valence-electron chi connectivity index (χ3n) is 5.08. The smallest absolute Gasteiger partial charge is 0.193 e. The van der Waals surface area contributed by atoms with Crippen LogP contribution in [0.2, 0.25) is 18.1 Å². The van der Waals surface area contributed by atoms with Gasteiger partial charge < -0.3 is 24.0 Å². The first kappa shape index (κ1) is 21.5. The van der Waals surface area contributed by atoms with Gasteiger partial charge >= 0.3 is 0 Å². The van der Waals surface area contributed by atoms with Gasteiger partial charge in [0.05, 0.1) is 18.3 Å². The summed E-state index contributed by atoms with van der Waals surface area (Å²) in [6, 6.07) is 0. The normalized spacial score (nSPS) is 25.7. The predicted molar refractivity (Wildman–Crippen MR) is 100 cm³/mol. The Bertz CT molecular complexity index is 441. The lowest BCUT2D eigenvalue weighted by Crippen LogP contribution is -2.49. The number of nitrogens with one attached hydrogen (secondary N) is 1. The second kappa shape index (κ2) is 8.72. The molecule has 0 radical (unpaired) electrons. The number of hydrogen-bond donors (Lipinski definition) is 1. The van der Waals surface area contributed by atoms with Crippen molar-refractivity contribution in [1.29, 1.82) is 5.41 Å². The minimum atomic E-state index is -1.91. The topological polar surface area (TPSA) is 60.8 Å². The molecule has 1 aliphatic rings. The monoisotopic (exact) mass is 357 g/mol. The molecule has 1 aliphatic heterocycles. The van der Waals surface area contributed by atoms with Crippen LogP contribution in [0.1, 0.15) is 40.5 Å². The first-order valence-corrected chi connectivity index (χ1v) is 11.6. The van der Waals surface area contributed by atoms with Gasteiger partial charge in [0.2, 0.25) is 0 Å². The fourth-order valence-corrected chi connectivity index (χ4v) is 3.86. The van der Waals surface area contributed by atoms with Gasteiger partial charge in [-0.15, -0.1) is 0 Å². The first-order valence-electron chi connectivity index (χ1n) is 8.66. The lowest BCUT2D eigenvalue weighted by atomic mass is 9.97. The molecule has 24 heavy (non-hydrogen) atoms. The van der Waals surface area contributed by atoms with Crippen LogP contribution in [0.3, 0.4) is 0 Å². The van der Waals surface area contributed by atoms with E-state index in [4.69, 9.17) is 24.0 Å². The molecule has 0 fully saturated rings. The molecule has 1 heterocycles. The van der Waals surface area contributed by atoms with E-state index in [9.17, 15) is 0 Å². The predicted octanol–water partition coefficient (Wildman–Crippen LogP) is 4.14. The summed E-state index contributed by atoms with van der Waals surface area (Å²) in [5, 5.41) is 7.42. The van der Waals surface area contributed by atoms with E-state index in [1.165, 1.54) is 6.21 Å². The van der Waals surface area contributed by atoms with E-state index in [0.29, 0.717) is 6.42 Å². The van der Waals surface area contributed by atoms with Gasteiger partial charge in [-0.1, -0.05) is 20.8 Å². The molecule has 0 aromatic rings. The van der Waals surface area contributed by atoms with Crippen LogP contribution in [0.25, 0.3) is 0 Å². The summed E-state index contributed by atoms with van der Waals surface area (Å²) in [7, 11) is 1.35. The van der Waals surface area contributed by atoms with Crippen molar-refractivity contribution < 1.29 is 18.6 Å². The Balaban J connectivity index is 3.08. The zero-order chi connectivity index (χ0) is 18.5. The molecule has 0 spiro atoms. The van der Waals surface area contributed by atoms with E-state index in [0.717, 1.165) is 12.0 Å². The van der Waals surface area contributed by atoms with E-state index in [2.05, 4.69) is 46.9 Å². The van der Waals surface area contributed by atoms with Gasteiger partial charge in [-0.05, 0) is 50.2 Å². The summed E-state index contributed by atoms with van der Waals surface area (Å²) in [6.45, 7) is 13.3. The molecule has 140 valence electrons. The van der Waals surface area contributed by atoms with Crippen molar-refractivity contribution in [3.05, 3.63) is 11.6 Å². The second-order valence-electron chi connectivity index (χ2n) is 7.92. The van der Waals surface area contributed by atoms with Crippen molar-refractivity contribution in [2.45, 2.75) is 83.3 Å². The molecule has 1 rings (SSSR count). The zero-order valence-corrected chi connectivity index (χ0v) is 17.5. The Hall–Kier alpha value is -0.533. The van der Waals surface area contributed by atoms with Gasteiger partial charge in [0.1, 0.15) is 0 Å². The molecular weight excluding hydrogens is 322 g/mol. The highest BCUT2D eigenvalue weighted by atomic mass is 28.4. The molecule has 1 N–H and O–H groups in total. The third kappa shape index (κ3) is 5.23. The van der Waals surface area contributed by atoms with Crippen molar-refractivity contribution in [3.63, 3.8) is 0 Å². The number of ether oxygens (including phenoxy) is 3. The molecule has 0 aromatic heterocycles. The summed E-state index contributed by atoms with van der Waals surface area (Å²) in [4.78, 5) is 0. The maximum atomic E-state index is 7.28. The van der Waals surface area contributed by atoms with Gasteiger partial charge in [0.25, 0.3) is 0 Å². The molecule has 6 heteroatoms. The molecule has 0 unspecified atom stereocenters. The fraction of sp³-hybridized carbons (Fsp3) is 0.833. The van der Waals surface area contributed by atoms with Gasteiger partial charge in [-0.2, -0.15) is 0 Å². The summed E-state index contributed by atoms with van der Waals surface area (Å²) in [6.07, 6.45) is 4.26. The van der Waals surface area contributed by atoms with Crippen LogP contribution in [-0.2, 0) is 18.6 Å². The molecule has 0 bridgehead atoms. The third-order valence-corrected chi connectivity index (χ3v) is 9.55. The van der Waals surface area contributed by atoms with E-state index in [-0.39, 0.29) is 23.4 Å². The summed E-state index contributed by atoms with van der Waals surface area (Å²) in [5.41, 5.74) is 0.962. The van der Waals surface area contributed by atoms with Crippen LogP contribution < -0.4 is 0 Å². The molecule has 0 aliphatic carbocycles. The van der Waals surface area contributed by atoms with Crippen LogP contribution in [0.15, 0.2) is 11.6 Å². The number of rotatable bonds is 8. The standard InChI is InChI=1S/C18H35NO4Si/c1-13-16(23-24(7,8)18(2,3)4)12-14(17(20-5)21-6)15(22-13)10-9-11-19/h11-13,15-17,19H,9-10H2,1-8H3/t13-,15-,16+/m0/s1. The molecule has 3 atom stereocenters. The van der Waals surface area contributed by atoms with Crippen LogP contribution in [-0.4, -0.2) is 53.4 Å². The van der Waals surface area contributed by atoms with E-state index >= 15 is 0 Å². The Morgan fingerprint density at radius 1 is 1.29 bits per heavy atom. The van der Waals surface area contributed by atoms with Gasteiger partial charge in [-0.3, -0.25) is 0 Å². The summed E-state index contributed by atoms with van der Waals surface area (Å²) < 4.78 is 23.7. The highest BCUT2D eigenvalue weighted by Gasteiger charge is 2.42. The minimum Gasteiger partial charge on any atom is -0.408 e. The van der Waals surface area contributed by atoms with Crippen molar-refractivity contribution in [2.75, 3.05) is 14.2 Å².